The molecule has 1 unspecified atom stereocenters. The Kier molecular flexibility index (Phi) is 3.48. The van der Waals surface area contributed by atoms with Crippen LogP contribution in [-0.4, -0.2) is 33.5 Å². The average Bonchev–Trinajstić information content (AvgIpc) is 2.37. The molecule has 2 aliphatic rings. The van der Waals surface area contributed by atoms with Crippen LogP contribution in [0.3, 0.4) is 0 Å². The molecule has 0 N–H and O–H groups in total. The summed E-state index contributed by atoms with van der Waals surface area (Å²) in [7, 11) is -3.51. The van der Waals surface area contributed by atoms with Gasteiger partial charge in [-0.3, -0.25) is 4.18 Å². The number of benzene rings is 1. The van der Waals surface area contributed by atoms with Crippen molar-refractivity contribution in [3.05, 3.63) is 29.8 Å². The number of hydrogen-bond donors (Lipinski definition) is 0. The van der Waals surface area contributed by atoms with Crippen molar-refractivity contribution in [3.63, 3.8) is 0 Å². The third kappa shape index (κ3) is 2.82. The predicted octanol–water partition coefficient (Wildman–Crippen LogP) is 2.04. The molecule has 1 aromatic carbocycles. The molecule has 0 aliphatic carbocycles. The fraction of sp³-hybridized carbons (Fsp3) is 0.571. The van der Waals surface area contributed by atoms with Gasteiger partial charge in [-0.2, -0.15) is 8.42 Å². The van der Waals surface area contributed by atoms with Gasteiger partial charge in [0.2, 0.25) is 0 Å². The lowest BCUT2D eigenvalue weighted by Crippen LogP contribution is -2.46. The first-order valence-electron chi connectivity index (χ1n) is 6.71. The summed E-state index contributed by atoms with van der Waals surface area (Å²) in [6, 6.07) is 7.47. The van der Waals surface area contributed by atoms with Gasteiger partial charge >= 0.3 is 0 Å². The maximum Gasteiger partial charge on any atom is 0.264 e. The molecule has 0 amide bonds. The highest BCUT2D eigenvalue weighted by Gasteiger charge is 2.43. The molecule has 0 radical (unpaired) electrons. The second kappa shape index (κ2) is 5.02. The van der Waals surface area contributed by atoms with Gasteiger partial charge in [-0.25, -0.2) is 0 Å². The van der Waals surface area contributed by atoms with Crippen molar-refractivity contribution in [2.75, 3.05) is 19.5 Å². The molecule has 0 bridgehead atoms. The number of ether oxygens (including phenoxy) is 2. The SMILES string of the molecule is CS(=O)(=O)OC1CC2(CCOCC2)Oc2ccccc21. The van der Waals surface area contributed by atoms with E-state index >= 15 is 0 Å². The molecule has 2 heterocycles. The Morgan fingerprint density at radius 3 is 2.65 bits per heavy atom. The predicted molar refractivity (Wildman–Crippen MR) is 73.1 cm³/mol. The van der Waals surface area contributed by atoms with E-state index < -0.39 is 16.2 Å². The van der Waals surface area contributed by atoms with E-state index in [0.717, 1.165) is 24.7 Å². The lowest BCUT2D eigenvalue weighted by atomic mass is 9.83. The van der Waals surface area contributed by atoms with Crippen molar-refractivity contribution in [2.45, 2.75) is 31.0 Å². The third-order valence-electron chi connectivity index (χ3n) is 3.84. The topological polar surface area (TPSA) is 61.8 Å². The molecular formula is C14H18O5S. The van der Waals surface area contributed by atoms with Crippen LogP contribution in [0.15, 0.2) is 24.3 Å². The summed E-state index contributed by atoms with van der Waals surface area (Å²) < 4.78 is 39.8. The van der Waals surface area contributed by atoms with E-state index in [1.165, 1.54) is 0 Å². The van der Waals surface area contributed by atoms with E-state index in [9.17, 15) is 8.42 Å². The molecule has 20 heavy (non-hydrogen) atoms. The first-order valence-corrected chi connectivity index (χ1v) is 8.53. The number of para-hydroxylation sites is 1. The first-order chi connectivity index (χ1) is 9.48. The van der Waals surface area contributed by atoms with Gasteiger partial charge in [0.25, 0.3) is 10.1 Å². The summed E-state index contributed by atoms with van der Waals surface area (Å²) in [5.41, 5.74) is 0.428. The maximum absolute atomic E-state index is 11.5. The van der Waals surface area contributed by atoms with Gasteiger partial charge in [0.15, 0.2) is 0 Å². The lowest BCUT2D eigenvalue weighted by molar-refractivity contribution is -0.0789. The van der Waals surface area contributed by atoms with Crippen molar-refractivity contribution in [1.29, 1.82) is 0 Å². The smallest absolute Gasteiger partial charge is 0.264 e. The minimum Gasteiger partial charge on any atom is -0.487 e. The van der Waals surface area contributed by atoms with Crippen molar-refractivity contribution in [2.24, 2.45) is 0 Å². The van der Waals surface area contributed by atoms with Crippen LogP contribution in [0.25, 0.3) is 0 Å². The minimum absolute atomic E-state index is 0.373. The molecule has 1 aromatic rings. The molecule has 6 heteroatoms. The summed E-state index contributed by atoms with van der Waals surface area (Å²) in [5.74, 6) is 0.717. The van der Waals surface area contributed by atoms with Crippen molar-refractivity contribution < 1.29 is 22.1 Å². The van der Waals surface area contributed by atoms with Gasteiger partial charge < -0.3 is 9.47 Å². The van der Waals surface area contributed by atoms with Gasteiger partial charge in [0, 0.05) is 24.8 Å². The highest BCUT2D eigenvalue weighted by atomic mass is 32.2. The van der Waals surface area contributed by atoms with Crippen molar-refractivity contribution in [1.82, 2.24) is 0 Å². The van der Waals surface area contributed by atoms with Gasteiger partial charge in [0.1, 0.15) is 17.5 Å². The number of hydrogen-bond acceptors (Lipinski definition) is 5. The van der Waals surface area contributed by atoms with Crippen molar-refractivity contribution in [3.8, 4) is 5.75 Å². The summed E-state index contributed by atoms with van der Waals surface area (Å²) in [6.45, 7) is 1.27. The Bertz CT molecular complexity index is 589. The third-order valence-corrected chi connectivity index (χ3v) is 4.43. The van der Waals surface area contributed by atoms with Crippen LogP contribution in [-0.2, 0) is 19.0 Å². The quantitative estimate of drug-likeness (QED) is 0.782. The lowest BCUT2D eigenvalue weighted by Gasteiger charge is -2.43. The van der Waals surface area contributed by atoms with Crippen LogP contribution < -0.4 is 4.74 Å². The average molecular weight is 298 g/mol. The van der Waals surface area contributed by atoms with Crippen molar-refractivity contribution >= 4 is 10.1 Å². The molecular weight excluding hydrogens is 280 g/mol. The van der Waals surface area contributed by atoms with E-state index in [4.69, 9.17) is 13.7 Å². The van der Waals surface area contributed by atoms with Crippen LogP contribution in [0, 0.1) is 0 Å². The maximum atomic E-state index is 11.5. The first kappa shape index (κ1) is 13.9. The summed E-state index contributed by atoms with van der Waals surface area (Å²) in [6.07, 6.45) is 2.66. The second-order valence-electron chi connectivity index (χ2n) is 5.43. The number of fused-ring (bicyclic) bond motifs is 1. The zero-order valence-corrected chi connectivity index (χ0v) is 12.2. The fourth-order valence-corrected chi connectivity index (χ4v) is 3.50. The summed E-state index contributed by atoms with van der Waals surface area (Å²) in [5, 5.41) is 0. The number of rotatable bonds is 2. The Hall–Kier alpha value is -1.11. The standard InChI is InChI=1S/C14H18O5S/c1-20(15,16)19-13-10-14(6-8-17-9-7-14)18-12-5-3-2-4-11(12)13/h2-5,13H,6-10H2,1H3. The highest BCUT2D eigenvalue weighted by Crippen LogP contribution is 2.45. The largest absolute Gasteiger partial charge is 0.487 e. The summed E-state index contributed by atoms with van der Waals surface area (Å²) in [4.78, 5) is 0. The van der Waals surface area contributed by atoms with Gasteiger partial charge in [-0.15, -0.1) is 0 Å². The van der Waals surface area contributed by atoms with Crippen LogP contribution >= 0.6 is 0 Å². The van der Waals surface area contributed by atoms with E-state index in [2.05, 4.69) is 0 Å². The zero-order valence-electron chi connectivity index (χ0n) is 11.4. The van der Waals surface area contributed by atoms with Gasteiger partial charge in [-0.1, -0.05) is 18.2 Å². The Morgan fingerprint density at radius 2 is 1.95 bits per heavy atom. The Balaban J connectivity index is 1.96. The minimum atomic E-state index is -3.51. The Morgan fingerprint density at radius 1 is 1.25 bits per heavy atom. The zero-order chi connectivity index (χ0) is 14.2. The monoisotopic (exact) mass is 298 g/mol. The molecule has 0 saturated carbocycles. The van der Waals surface area contributed by atoms with Gasteiger partial charge in [0.05, 0.1) is 19.5 Å². The van der Waals surface area contributed by atoms with Gasteiger partial charge in [-0.05, 0) is 6.07 Å². The Labute approximate surface area is 119 Å². The van der Waals surface area contributed by atoms with Crippen LogP contribution in [0.5, 0.6) is 5.75 Å². The molecule has 5 nitrogen and oxygen atoms in total. The fourth-order valence-electron chi connectivity index (χ4n) is 2.91. The highest BCUT2D eigenvalue weighted by molar-refractivity contribution is 7.86. The van der Waals surface area contributed by atoms with E-state index in [1.54, 1.807) is 0 Å². The van der Waals surface area contributed by atoms with Crippen LogP contribution in [0.2, 0.25) is 0 Å². The molecule has 3 rings (SSSR count). The molecule has 1 spiro atoms. The van der Waals surface area contributed by atoms with E-state index in [1.807, 2.05) is 24.3 Å². The van der Waals surface area contributed by atoms with Crippen LogP contribution in [0.4, 0.5) is 0 Å². The van der Waals surface area contributed by atoms with E-state index in [0.29, 0.717) is 25.4 Å². The molecule has 1 saturated heterocycles. The molecule has 1 fully saturated rings. The molecule has 2 aliphatic heterocycles. The molecule has 110 valence electrons. The normalized spacial score (nSPS) is 24.9. The van der Waals surface area contributed by atoms with Crippen LogP contribution in [0.1, 0.15) is 30.9 Å². The summed E-state index contributed by atoms with van der Waals surface area (Å²) >= 11 is 0. The molecule has 1 atom stereocenters. The van der Waals surface area contributed by atoms with E-state index in [-0.39, 0.29) is 5.60 Å². The molecule has 0 aromatic heterocycles. The second-order valence-corrected chi connectivity index (χ2v) is 7.03.